The van der Waals surface area contributed by atoms with Gasteiger partial charge in [-0.15, -0.1) is 0 Å². The second-order valence-corrected chi connectivity index (χ2v) is 7.66. The van der Waals surface area contributed by atoms with Gasteiger partial charge in [-0.2, -0.15) is 4.31 Å². The maximum Gasteiger partial charge on any atom is 0.243 e. The third kappa shape index (κ3) is 3.20. The van der Waals surface area contributed by atoms with Gasteiger partial charge in [0.1, 0.15) is 5.82 Å². The zero-order valence-electron chi connectivity index (χ0n) is 12.6. The summed E-state index contributed by atoms with van der Waals surface area (Å²) in [5, 5.41) is 0. The lowest BCUT2D eigenvalue weighted by Gasteiger charge is -2.27. The molecule has 1 atom stereocenters. The number of anilines is 1. The molecule has 21 heavy (non-hydrogen) atoms. The highest BCUT2D eigenvalue weighted by Crippen LogP contribution is 2.30. The number of benzene rings is 1. The third-order valence-corrected chi connectivity index (χ3v) is 5.88. The van der Waals surface area contributed by atoms with Crippen molar-refractivity contribution in [2.45, 2.75) is 30.7 Å². The predicted molar refractivity (Wildman–Crippen MR) is 81.0 cm³/mol. The number of nitrogens with two attached hydrogens (primary N) is 1. The van der Waals surface area contributed by atoms with Crippen LogP contribution < -0.4 is 5.73 Å². The van der Waals surface area contributed by atoms with E-state index in [-0.39, 0.29) is 22.2 Å². The first-order valence-corrected chi connectivity index (χ1v) is 8.39. The van der Waals surface area contributed by atoms with Crippen molar-refractivity contribution in [3.8, 4) is 0 Å². The molecule has 1 saturated heterocycles. The molecule has 7 heteroatoms. The molecule has 0 amide bonds. The molecular weight excluding hydrogens is 293 g/mol. The van der Waals surface area contributed by atoms with Gasteiger partial charge in [0.2, 0.25) is 10.0 Å². The fraction of sp³-hybridized carbons (Fsp3) is 0.571. The van der Waals surface area contributed by atoms with Gasteiger partial charge < -0.3 is 10.6 Å². The van der Waals surface area contributed by atoms with E-state index in [4.69, 9.17) is 5.73 Å². The summed E-state index contributed by atoms with van der Waals surface area (Å²) >= 11 is 0. The monoisotopic (exact) mass is 315 g/mol. The number of nitrogens with zero attached hydrogens (tertiary/aromatic N) is 2. The largest absolute Gasteiger partial charge is 0.399 e. The Hall–Kier alpha value is -1.18. The summed E-state index contributed by atoms with van der Waals surface area (Å²) in [6, 6.07) is 2.42. The van der Waals surface area contributed by atoms with Gasteiger partial charge in [-0.1, -0.05) is 0 Å². The zero-order chi connectivity index (χ0) is 15.8. The van der Waals surface area contributed by atoms with Crippen LogP contribution in [0.3, 0.4) is 0 Å². The SMILES string of the molecule is Cc1c(F)cc(N)cc1S(=O)(=O)N1CCCC1CN(C)C. The van der Waals surface area contributed by atoms with E-state index in [9.17, 15) is 12.8 Å². The average molecular weight is 315 g/mol. The smallest absolute Gasteiger partial charge is 0.243 e. The molecule has 2 rings (SSSR count). The second kappa shape index (κ2) is 5.90. The van der Waals surface area contributed by atoms with Crippen LogP contribution in [0.15, 0.2) is 17.0 Å². The van der Waals surface area contributed by atoms with Crippen LogP contribution in [0.2, 0.25) is 0 Å². The van der Waals surface area contributed by atoms with Gasteiger partial charge >= 0.3 is 0 Å². The highest BCUT2D eigenvalue weighted by Gasteiger charge is 2.36. The Labute approximate surface area is 125 Å². The molecule has 1 aliphatic heterocycles. The summed E-state index contributed by atoms with van der Waals surface area (Å²) in [6.07, 6.45) is 1.64. The lowest BCUT2D eigenvalue weighted by atomic mass is 10.2. The first kappa shape index (κ1) is 16.2. The van der Waals surface area contributed by atoms with Gasteiger partial charge in [-0.3, -0.25) is 0 Å². The Morgan fingerprint density at radius 1 is 1.43 bits per heavy atom. The van der Waals surface area contributed by atoms with Crippen LogP contribution in [-0.2, 0) is 10.0 Å². The van der Waals surface area contributed by atoms with Crippen molar-refractivity contribution in [1.82, 2.24) is 9.21 Å². The highest BCUT2D eigenvalue weighted by molar-refractivity contribution is 7.89. The van der Waals surface area contributed by atoms with E-state index in [1.54, 1.807) is 0 Å². The normalized spacial score (nSPS) is 20.3. The van der Waals surface area contributed by atoms with Crippen molar-refractivity contribution in [3.05, 3.63) is 23.5 Å². The molecule has 0 saturated carbocycles. The average Bonchev–Trinajstić information content (AvgIpc) is 2.81. The number of nitrogen functional groups attached to an aromatic ring is 1. The minimum Gasteiger partial charge on any atom is -0.399 e. The van der Waals surface area contributed by atoms with E-state index < -0.39 is 15.8 Å². The summed E-state index contributed by atoms with van der Waals surface area (Å²) < 4.78 is 40.9. The number of hydrogen-bond acceptors (Lipinski definition) is 4. The van der Waals surface area contributed by atoms with Crippen LogP contribution >= 0.6 is 0 Å². The summed E-state index contributed by atoms with van der Waals surface area (Å²) in [5.74, 6) is -0.586. The van der Waals surface area contributed by atoms with Gasteiger partial charge in [0.15, 0.2) is 0 Å². The molecule has 0 spiro atoms. The molecule has 1 unspecified atom stereocenters. The Bertz CT molecular complexity index is 631. The molecule has 5 nitrogen and oxygen atoms in total. The lowest BCUT2D eigenvalue weighted by Crippen LogP contribution is -2.41. The van der Waals surface area contributed by atoms with Gasteiger partial charge in [0.05, 0.1) is 4.90 Å². The molecule has 1 heterocycles. The van der Waals surface area contributed by atoms with E-state index >= 15 is 0 Å². The Morgan fingerprint density at radius 3 is 2.71 bits per heavy atom. The van der Waals surface area contributed by atoms with E-state index in [1.165, 1.54) is 17.3 Å². The predicted octanol–water partition coefficient (Wildman–Crippen LogP) is 1.43. The Kier molecular flexibility index (Phi) is 4.55. The van der Waals surface area contributed by atoms with Crippen molar-refractivity contribution in [1.29, 1.82) is 0 Å². The van der Waals surface area contributed by atoms with E-state index in [1.807, 2.05) is 19.0 Å². The van der Waals surface area contributed by atoms with Crippen LogP contribution in [0, 0.1) is 12.7 Å². The Morgan fingerprint density at radius 2 is 2.10 bits per heavy atom. The molecule has 1 aliphatic rings. The van der Waals surface area contributed by atoms with Crippen LogP contribution in [0.25, 0.3) is 0 Å². The van der Waals surface area contributed by atoms with Crippen LogP contribution in [0.4, 0.5) is 10.1 Å². The maximum absolute atomic E-state index is 13.8. The van der Waals surface area contributed by atoms with Crippen molar-refractivity contribution in [2.75, 3.05) is 32.9 Å². The molecule has 0 aromatic heterocycles. The van der Waals surface area contributed by atoms with E-state index in [0.29, 0.717) is 13.1 Å². The minimum absolute atomic E-state index is 0.0225. The molecular formula is C14H22FN3O2S. The van der Waals surface area contributed by atoms with Gasteiger partial charge in [-0.25, -0.2) is 12.8 Å². The van der Waals surface area contributed by atoms with Gasteiger partial charge in [0, 0.05) is 30.4 Å². The number of halogens is 1. The topological polar surface area (TPSA) is 66.6 Å². The lowest BCUT2D eigenvalue weighted by molar-refractivity contribution is 0.291. The standard InChI is InChI=1S/C14H22FN3O2S/c1-10-13(15)7-11(16)8-14(10)21(19,20)18-6-4-5-12(18)9-17(2)3/h7-8,12H,4-6,9,16H2,1-3H3. The van der Waals surface area contributed by atoms with E-state index in [2.05, 4.69) is 0 Å². The second-order valence-electron chi connectivity index (χ2n) is 5.80. The third-order valence-electron chi connectivity index (χ3n) is 3.80. The fourth-order valence-corrected chi connectivity index (χ4v) is 4.75. The summed E-state index contributed by atoms with van der Waals surface area (Å²) in [7, 11) is 0.100. The number of likely N-dealkylation sites (N-methyl/N-ethyl adjacent to an activating group) is 1. The first-order valence-electron chi connectivity index (χ1n) is 6.95. The number of rotatable bonds is 4. The van der Waals surface area contributed by atoms with Crippen molar-refractivity contribution in [2.24, 2.45) is 0 Å². The molecule has 0 bridgehead atoms. The van der Waals surface area contributed by atoms with Crippen LogP contribution in [-0.4, -0.2) is 50.8 Å². The molecule has 1 fully saturated rings. The quantitative estimate of drug-likeness (QED) is 0.854. The molecule has 0 aliphatic carbocycles. The van der Waals surface area contributed by atoms with E-state index in [0.717, 1.165) is 18.9 Å². The summed E-state index contributed by atoms with van der Waals surface area (Å²) in [4.78, 5) is 1.94. The summed E-state index contributed by atoms with van der Waals surface area (Å²) in [6.45, 7) is 2.60. The Balaban J connectivity index is 2.42. The highest BCUT2D eigenvalue weighted by atomic mass is 32.2. The van der Waals surface area contributed by atoms with Crippen molar-refractivity contribution >= 4 is 15.7 Å². The molecule has 1 aromatic rings. The van der Waals surface area contributed by atoms with Crippen LogP contribution in [0.5, 0.6) is 0 Å². The fourth-order valence-electron chi connectivity index (χ4n) is 2.80. The zero-order valence-corrected chi connectivity index (χ0v) is 13.5. The van der Waals surface area contributed by atoms with Crippen molar-refractivity contribution in [3.63, 3.8) is 0 Å². The van der Waals surface area contributed by atoms with Crippen LogP contribution in [0.1, 0.15) is 18.4 Å². The molecule has 2 N–H and O–H groups in total. The molecule has 118 valence electrons. The number of hydrogen-bond donors (Lipinski definition) is 1. The molecule has 1 aromatic carbocycles. The molecule has 0 radical (unpaired) electrons. The minimum atomic E-state index is -3.72. The number of sulfonamides is 1. The summed E-state index contributed by atoms with van der Waals surface area (Å²) in [5.41, 5.74) is 5.86. The first-order chi connectivity index (χ1) is 9.73. The van der Waals surface area contributed by atoms with Gasteiger partial charge in [0.25, 0.3) is 0 Å². The van der Waals surface area contributed by atoms with Gasteiger partial charge in [-0.05, 0) is 46.0 Å². The maximum atomic E-state index is 13.8. The van der Waals surface area contributed by atoms with Crippen molar-refractivity contribution < 1.29 is 12.8 Å².